The third kappa shape index (κ3) is 4.27. The van der Waals surface area contributed by atoms with E-state index >= 15 is 0 Å². The summed E-state index contributed by atoms with van der Waals surface area (Å²) in [6.07, 6.45) is 2.43. The van der Waals surface area contributed by atoms with Crippen LogP contribution in [0.4, 0.5) is 0 Å². The summed E-state index contributed by atoms with van der Waals surface area (Å²) in [6.45, 7) is 14.8. The zero-order valence-corrected chi connectivity index (χ0v) is 19.5. The van der Waals surface area contributed by atoms with Crippen molar-refractivity contribution in [2.45, 2.75) is 71.5 Å². The molecule has 0 aromatic heterocycles. The molecular weight excluding hydrogens is 358 g/mol. The molecule has 1 aliphatic heterocycles. The lowest BCUT2D eigenvalue weighted by Gasteiger charge is -2.43. The maximum Gasteiger partial charge on any atom is 0.261 e. The molecule has 1 heterocycles. The van der Waals surface area contributed by atoms with Gasteiger partial charge in [0.15, 0.2) is 0 Å². The van der Waals surface area contributed by atoms with Gasteiger partial charge < -0.3 is 9.74 Å². The molecule has 0 aliphatic carbocycles. The Morgan fingerprint density at radius 2 is 1.32 bits per heavy atom. The highest BCUT2D eigenvalue weighted by molar-refractivity contribution is 6.99. The average molecular weight is 396 g/mol. The van der Waals surface area contributed by atoms with Gasteiger partial charge in [0.1, 0.15) is 0 Å². The molecule has 1 unspecified atom stereocenters. The van der Waals surface area contributed by atoms with E-state index < -0.39 is 8.32 Å². The minimum atomic E-state index is -2.42. The summed E-state index contributed by atoms with van der Waals surface area (Å²) in [7, 11) is -2.42. The first-order valence-electron chi connectivity index (χ1n) is 10.7. The number of rotatable bonds is 5. The van der Waals surface area contributed by atoms with Gasteiger partial charge in [-0.1, -0.05) is 102 Å². The molecule has 2 nitrogen and oxygen atoms in total. The molecular formula is C25H37NOSi. The fourth-order valence-corrected chi connectivity index (χ4v) is 9.23. The van der Waals surface area contributed by atoms with Gasteiger partial charge in [0.2, 0.25) is 0 Å². The van der Waals surface area contributed by atoms with E-state index in [-0.39, 0.29) is 5.04 Å². The molecule has 0 radical (unpaired) electrons. The largest absolute Gasteiger partial charge is 0.406 e. The normalized spacial score (nSPS) is 21.1. The topological polar surface area (TPSA) is 21.3 Å². The molecule has 0 bridgehead atoms. The van der Waals surface area contributed by atoms with Crippen LogP contribution in [0.2, 0.25) is 5.04 Å². The van der Waals surface area contributed by atoms with Crippen LogP contribution in [0.25, 0.3) is 0 Å². The average Bonchev–Trinajstić information content (AvgIpc) is 3.12. The zero-order valence-electron chi connectivity index (χ0n) is 18.5. The molecule has 2 aromatic rings. The highest BCUT2D eigenvalue weighted by atomic mass is 28.4. The minimum absolute atomic E-state index is 0.0394. The van der Waals surface area contributed by atoms with E-state index in [1.807, 2.05) is 0 Å². The summed E-state index contributed by atoms with van der Waals surface area (Å²) >= 11 is 0. The molecule has 2 aromatic carbocycles. The number of hydrogen-bond donors (Lipinski definition) is 1. The van der Waals surface area contributed by atoms with Gasteiger partial charge in [0.05, 0.1) is 6.61 Å². The van der Waals surface area contributed by atoms with E-state index in [1.165, 1.54) is 23.2 Å². The lowest BCUT2D eigenvalue weighted by molar-refractivity contribution is 0.237. The predicted molar refractivity (Wildman–Crippen MR) is 123 cm³/mol. The van der Waals surface area contributed by atoms with Crippen molar-refractivity contribution in [3.8, 4) is 0 Å². The standard InChI is InChI=1S/C25H37NOSi/c1-24(2,3)23-18-17-20(26-23)19-27-28(25(4,5)6,21-13-9-7-10-14-21)22-15-11-8-12-16-22/h7-16,20,23,26H,17-19H2,1-6H3/t20-,23?/m0/s1. The summed E-state index contributed by atoms with van der Waals surface area (Å²) in [5.41, 5.74) is 0.298. The number of hydrogen-bond acceptors (Lipinski definition) is 2. The molecule has 152 valence electrons. The zero-order chi connectivity index (χ0) is 20.4. The summed E-state index contributed by atoms with van der Waals surface area (Å²) in [6, 6.07) is 22.9. The quantitative estimate of drug-likeness (QED) is 0.739. The Balaban J connectivity index is 1.94. The maximum absolute atomic E-state index is 7.09. The summed E-state index contributed by atoms with van der Waals surface area (Å²) < 4.78 is 7.09. The molecule has 3 rings (SSSR count). The van der Waals surface area contributed by atoms with E-state index in [0.717, 1.165) is 6.61 Å². The fraction of sp³-hybridized carbons (Fsp3) is 0.520. The van der Waals surface area contributed by atoms with Crippen molar-refractivity contribution < 1.29 is 4.43 Å². The van der Waals surface area contributed by atoms with Gasteiger partial charge in [-0.3, -0.25) is 0 Å². The second-order valence-electron chi connectivity index (χ2n) is 10.3. The molecule has 0 amide bonds. The first-order valence-corrected chi connectivity index (χ1v) is 12.6. The second-order valence-corrected chi connectivity index (χ2v) is 14.6. The van der Waals surface area contributed by atoms with Gasteiger partial charge in [-0.2, -0.15) is 0 Å². The van der Waals surface area contributed by atoms with E-state index in [1.54, 1.807) is 0 Å². The highest BCUT2D eigenvalue weighted by Gasteiger charge is 2.50. The van der Waals surface area contributed by atoms with Crippen LogP contribution in [-0.2, 0) is 4.43 Å². The van der Waals surface area contributed by atoms with Gasteiger partial charge in [-0.15, -0.1) is 0 Å². The molecule has 28 heavy (non-hydrogen) atoms. The van der Waals surface area contributed by atoms with Crippen molar-refractivity contribution in [2.75, 3.05) is 6.61 Å². The summed E-state index contributed by atoms with van der Waals surface area (Å²) in [5.74, 6) is 0. The molecule has 0 spiro atoms. The van der Waals surface area contributed by atoms with E-state index in [4.69, 9.17) is 4.43 Å². The number of nitrogens with one attached hydrogen (secondary N) is 1. The highest BCUT2D eigenvalue weighted by Crippen LogP contribution is 2.37. The van der Waals surface area contributed by atoms with E-state index in [9.17, 15) is 0 Å². The van der Waals surface area contributed by atoms with Gasteiger partial charge in [0.25, 0.3) is 8.32 Å². The van der Waals surface area contributed by atoms with Crippen molar-refractivity contribution in [3.05, 3.63) is 60.7 Å². The van der Waals surface area contributed by atoms with Crippen LogP contribution >= 0.6 is 0 Å². The SMILES string of the molecule is CC(C)(C)C1CC[C@@H](CO[Si](c2ccccc2)(c2ccccc2)C(C)(C)C)N1. The Bertz CT molecular complexity index is 706. The molecule has 1 saturated heterocycles. The summed E-state index contributed by atoms with van der Waals surface area (Å²) in [5, 5.41) is 6.61. The maximum atomic E-state index is 7.09. The Kier molecular flexibility index (Phi) is 6.19. The van der Waals surface area contributed by atoms with Crippen LogP contribution in [0.5, 0.6) is 0 Å². The minimum Gasteiger partial charge on any atom is -0.406 e. The second kappa shape index (κ2) is 8.14. The van der Waals surface area contributed by atoms with Crippen LogP contribution in [0, 0.1) is 5.41 Å². The van der Waals surface area contributed by atoms with Crippen molar-refractivity contribution in [1.82, 2.24) is 5.32 Å². The predicted octanol–water partition coefficient (Wildman–Crippen LogP) is 4.73. The first kappa shape index (κ1) is 21.3. The van der Waals surface area contributed by atoms with Gasteiger partial charge in [-0.05, 0) is 33.7 Å². The molecule has 3 heteroatoms. The number of benzene rings is 2. The molecule has 1 N–H and O–H groups in total. The fourth-order valence-electron chi connectivity index (χ4n) is 4.62. The van der Waals surface area contributed by atoms with Crippen molar-refractivity contribution in [1.29, 1.82) is 0 Å². The van der Waals surface area contributed by atoms with Crippen molar-refractivity contribution in [2.24, 2.45) is 5.41 Å². The Morgan fingerprint density at radius 1 is 0.821 bits per heavy atom. The van der Waals surface area contributed by atoms with Crippen molar-refractivity contribution in [3.63, 3.8) is 0 Å². The Labute approximate surface area is 172 Å². The van der Waals surface area contributed by atoms with Gasteiger partial charge >= 0.3 is 0 Å². The lowest BCUT2D eigenvalue weighted by atomic mass is 9.86. The van der Waals surface area contributed by atoms with Gasteiger partial charge in [0, 0.05) is 12.1 Å². The van der Waals surface area contributed by atoms with Crippen LogP contribution in [-0.4, -0.2) is 27.0 Å². The van der Waals surface area contributed by atoms with Crippen LogP contribution in [0.15, 0.2) is 60.7 Å². The molecule has 2 atom stereocenters. The van der Waals surface area contributed by atoms with Crippen LogP contribution in [0.1, 0.15) is 54.4 Å². The lowest BCUT2D eigenvalue weighted by Crippen LogP contribution is -2.67. The molecule has 1 fully saturated rings. The Hall–Kier alpha value is -1.42. The third-order valence-corrected chi connectivity index (χ3v) is 11.2. The van der Waals surface area contributed by atoms with E-state index in [0.29, 0.717) is 17.5 Å². The summed E-state index contributed by atoms with van der Waals surface area (Å²) in [4.78, 5) is 0. The Morgan fingerprint density at radius 3 is 1.71 bits per heavy atom. The first-order chi connectivity index (χ1) is 13.1. The van der Waals surface area contributed by atoms with Crippen LogP contribution < -0.4 is 15.7 Å². The van der Waals surface area contributed by atoms with Crippen molar-refractivity contribution >= 4 is 18.7 Å². The van der Waals surface area contributed by atoms with E-state index in [2.05, 4.69) is 108 Å². The smallest absolute Gasteiger partial charge is 0.261 e. The van der Waals surface area contributed by atoms with Crippen LogP contribution in [0.3, 0.4) is 0 Å². The molecule has 0 saturated carbocycles. The third-order valence-electron chi connectivity index (χ3n) is 6.20. The monoisotopic (exact) mass is 395 g/mol. The van der Waals surface area contributed by atoms with Gasteiger partial charge in [-0.25, -0.2) is 0 Å². The molecule has 1 aliphatic rings.